The Morgan fingerprint density at radius 2 is 1.50 bits per heavy atom. The molecule has 0 spiro atoms. The molecule has 2 aromatic carbocycles. The third-order valence-electron chi connectivity index (χ3n) is 4.24. The van der Waals surface area contributed by atoms with E-state index in [0.717, 1.165) is 16.8 Å². The number of carbonyl (C=O) groups excluding carboxylic acids is 2. The molecule has 0 atom stereocenters. The SMILES string of the molecule is COC(=O)c1ccc(Nc2ncc(C(=O)Nc3ccc(C)c(C)c3)cn2)cc1. The second-order valence-electron chi connectivity index (χ2n) is 6.24. The number of hydrogen-bond donors (Lipinski definition) is 2. The Kier molecular flexibility index (Phi) is 5.64. The highest BCUT2D eigenvalue weighted by atomic mass is 16.5. The largest absolute Gasteiger partial charge is 0.465 e. The Balaban J connectivity index is 1.64. The van der Waals surface area contributed by atoms with Gasteiger partial charge in [-0.15, -0.1) is 0 Å². The number of amides is 1. The lowest BCUT2D eigenvalue weighted by Gasteiger charge is -2.08. The molecule has 0 aliphatic heterocycles. The van der Waals surface area contributed by atoms with E-state index in [1.165, 1.54) is 19.5 Å². The summed E-state index contributed by atoms with van der Waals surface area (Å²) in [4.78, 5) is 32.1. The molecule has 0 saturated heterocycles. The summed E-state index contributed by atoms with van der Waals surface area (Å²) in [6, 6.07) is 12.4. The summed E-state index contributed by atoms with van der Waals surface area (Å²) in [5.41, 5.74) is 4.50. The number of esters is 1. The third-order valence-corrected chi connectivity index (χ3v) is 4.24. The van der Waals surface area contributed by atoms with Crippen LogP contribution in [0.5, 0.6) is 0 Å². The van der Waals surface area contributed by atoms with Crippen LogP contribution in [0.15, 0.2) is 54.9 Å². The monoisotopic (exact) mass is 376 g/mol. The number of aryl methyl sites for hydroxylation is 2. The minimum absolute atomic E-state index is 0.280. The fourth-order valence-corrected chi connectivity index (χ4v) is 2.47. The summed E-state index contributed by atoms with van der Waals surface area (Å²) >= 11 is 0. The van der Waals surface area contributed by atoms with Crippen LogP contribution in [0.1, 0.15) is 31.8 Å². The van der Waals surface area contributed by atoms with Gasteiger partial charge in [-0.05, 0) is 61.4 Å². The van der Waals surface area contributed by atoms with Crippen molar-refractivity contribution in [2.75, 3.05) is 17.7 Å². The van der Waals surface area contributed by atoms with Crippen molar-refractivity contribution in [2.45, 2.75) is 13.8 Å². The van der Waals surface area contributed by atoms with Gasteiger partial charge in [-0.2, -0.15) is 0 Å². The quantitative estimate of drug-likeness (QED) is 0.657. The molecular formula is C21H20N4O3. The van der Waals surface area contributed by atoms with E-state index in [2.05, 4.69) is 25.3 Å². The first-order chi connectivity index (χ1) is 13.5. The summed E-state index contributed by atoms with van der Waals surface area (Å²) < 4.78 is 4.66. The zero-order chi connectivity index (χ0) is 20.1. The van der Waals surface area contributed by atoms with Gasteiger partial charge in [0.15, 0.2) is 0 Å². The number of nitrogens with zero attached hydrogens (tertiary/aromatic N) is 2. The number of anilines is 3. The van der Waals surface area contributed by atoms with Gasteiger partial charge in [0.2, 0.25) is 5.95 Å². The van der Waals surface area contributed by atoms with Crippen molar-refractivity contribution < 1.29 is 14.3 Å². The molecule has 0 bridgehead atoms. The van der Waals surface area contributed by atoms with E-state index in [1.54, 1.807) is 24.3 Å². The van der Waals surface area contributed by atoms with Crippen molar-refractivity contribution in [3.63, 3.8) is 0 Å². The standard InChI is InChI=1S/C21H20N4O3/c1-13-4-7-18(10-14(13)2)24-19(26)16-11-22-21(23-12-16)25-17-8-5-15(6-9-17)20(27)28-3/h4-12H,1-3H3,(H,24,26)(H,22,23,25). The summed E-state index contributed by atoms with van der Waals surface area (Å²) in [6.45, 7) is 4.01. The lowest BCUT2D eigenvalue weighted by atomic mass is 10.1. The van der Waals surface area contributed by atoms with Crippen LogP contribution < -0.4 is 10.6 Å². The highest BCUT2D eigenvalue weighted by Crippen LogP contribution is 2.16. The number of methoxy groups -OCH3 is 1. The molecule has 1 aromatic heterocycles. The highest BCUT2D eigenvalue weighted by molar-refractivity contribution is 6.04. The number of benzene rings is 2. The second kappa shape index (κ2) is 8.30. The van der Waals surface area contributed by atoms with Gasteiger partial charge < -0.3 is 15.4 Å². The molecule has 0 aliphatic rings. The van der Waals surface area contributed by atoms with E-state index in [4.69, 9.17) is 0 Å². The lowest BCUT2D eigenvalue weighted by molar-refractivity contribution is 0.0600. The van der Waals surface area contributed by atoms with E-state index in [-0.39, 0.29) is 5.91 Å². The van der Waals surface area contributed by atoms with Crippen molar-refractivity contribution in [2.24, 2.45) is 0 Å². The maximum absolute atomic E-state index is 12.4. The third kappa shape index (κ3) is 4.50. The normalized spacial score (nSPS) is 10.2. The molecule has 28 heavy (non-hydrogen) atoms. The molecule has 0 aliphatic carbocycles. The Morgan fingerprint density at radius 1 is 0.857 bits per heavy atom. The van der Waals surface area contributed by atoms with Crippen molar-refractivity contribution in [3.8, 4) is 0 Å². The minimum Gasteiger partial charge on any atom is -0.465 e. The van der Waals surface area contributed by atoms with Gasteiger partial charge in [0.05, 0.1) is 18.2 Å². The maximum atomic E-state index is 12.4. The molecule has 142 valence electrons. The van der Waals surface area contributed by atoms with E-state index in [0.29, 0.717) is 22.8 Å². The number of ether oxygens (including phenoxy) is 1. The van der Waals surface area contributed by atoms with Crippen LogP contribution in [0.4, 0.5) is 17.3 Å². The van der Waals surface area contributed by atoms with Gasteiger partial charge in [-0.25, -0.2) is 14.8 Å². The van der Waals surface area contributed by atoms with Gasteiger partial charge in [0.25, 0.3) is 5.91 Å². The number of nitrogens with one attached hydrogen (secondary N) is 2. The molecule has 1 heterocycles. The average Bonchev–Trinajstić information content (AvgIpc) is 2.71. The van der Waals surface area contributed by atoms with Gasteiger partial charge in [0.1, 0.15) is 0 Å². The van der Waals surface area contributed by atoms with Crippen LogP contribution in [0, 0.1) is 13.8 Å². The molecule has 1 amide bonds. The Morgan fingerprint density at radius 3 is 2.11 bits per heavy atom. The van der Waals surface area contributed by atoms with Crippen molar-refractivity contribution in [1.29, 1.82) is 0 Å². The second-order valence-corrected chi connectivity index (χ2v) is 6.24. The average molecular weight is 376 g/mol. The van der Waals surface area contributed by atoms with E-state index < -0.39 is 5.97 Å². The van der Waals surface area contributed by atoms with Gasteiger partial charge in [-0.1, -0.05) is 6.07 Å². The minimum atomic E-state index is -0.401. The first kappa shape index (κ1) is 19.0. The molecule has 7 heteroatoms. The first-order valence-corrected chi connectivity index (χ1v) is 8.62. The van der Waals surface area contributed by atoms with Crippen LogP contribution >= 0.6 is 0 Å². The number of rotatable bonds is 5. The zero-order valence-electron chi connectivity index (χ0n) is 15.8. The van der Waals surface area contributed by atoms with Gasteiger partial charge >= 0.3 is 5.97 Å². The molecule has 0 radical (unpaired) electrons. The van der Waals surface area contributed by atoms with Crippen LogP contribution in [0.25, 0.3) is 0 Å². The zero-order valence-corrected chi connectivity index (χ0v) is 15.8. The number of aromatic nitrogens is 2. The van der Waals surface area contributed by atoms with Crippen LogP contribution in [-0.2, 0) is 4.74 Å². The molecular weight excluding hydrogens is 356 g/mol. The summed E-state index contributed by atoms with van der Waals surface area (Å²) in [5, 5.41) is 5.85. The molecule has 2 N–H and O–H groups in total. The summed E-state index contributed by atoms with van der Waals surface area (Å²) in [7, 11) is 1.33. The highest BCUT2D eigenvalue weighted by Gasteiger charge is 2.09. The fourth-order valence-electron chi connectivity index (χ4n) is 2.47. The topological polar surface area (TPSA) is 93.2 Å². The Hall–Kier alpha value is -3.74. The Bertz CT molecular complexity index is 999. The fraction of sp³-hybridized carbons (Fsp3) is 0.143. The molecule has 7 nitrogen and oxygen atoms in total. The van der Waals surface area contributed by atoms with Gasteiger partial charge in [0, 0.05) is 23.8 Å². The van der Waals surface area contributed by atoms with E-state index >= 15 is 0 Å². The lowest BCUT2D eigenvalue weighted by Crippen LogP contribution is -2.13. The smallest absolute Gasteiger partial charge is 0.337 e. The number of carbonyl (C=O) groups is 2. The van der Waals surface area contributed by atoms with E-state index in [1.807, 2.05) is 32.0 Å². The summed E-state index contributed by atoms with van der Waals surface area (Å²) in [6.07, 6.45) is 2.91. The van der Waals surface area contributed by atoms with Crippen molar-refractivity contribution in [3.05, 3.63) is 77.1 Å². The summed E-state index contributed by atoms with van der Waals surface area (Å²) in [5.74, 6) is -0.340. The number of hydrogen-bond acceptors (Lipinski definition) is 6. The molecule has 3 aromatic rings. The molecule has 0 unspecified atom stereocenters. The Labute approximate surface area is 162 Å². The molecule has 0 saturated carbocycles. The predicted molar refractivity (Wildman–Crippen MR) is 107 cm³/mol. The van der Waals surface area contributed by atoms with Gasteiger partial charge in [-0.3, -0.25) is 4.79 Å². The van der Waals surface area contributed by atoms with Crippen molar-refractivity contribution in [1.82, 2.24) is 9.97 Å². The van der Waals surface area contributed by atoms with Crippen LogP contribution in [0.3, 0.4) is 0 Å². The molecule has 3 rings (SSSR count). The molecule has 0 fully saturated rings. The maximum Gasteiger partial charge on any atom is 0.337 e. The van der Waals surface area contributed by atoms with E-state index in [9.17, 15) is 9.59 Å². The predicted octanol–water partition coefficient (Wildman–Crippen LogP) is 3.88. The van der Waals surface area contributed by atoms with Crippen LogP contribution in [0.2, 0.25) is 0 Å². The van der Waals surface area contributed by atoms with Crippen LogP contribution in [-0.4, -0.2) is 29.0 Å². The first-order valence-electron chi connectivity index (χ1n) is 8.62. The van der Waals surface area contributed by atoms with Crippen molar-refractivity contribution >= 4 is 29.2 Å².